The third-order valence-corrected chi connectivity index (χ3v) is 3.60. The standard InChI is InChI=1S/C13H8N6OS/c14-8-11-12(2-1-7-15-11)21-13-16-17-18-19(13)9-3-5-10(20)6-4-9/h1-7,20H. The highest BCUT2D eigenvalue weighted by atomic mass is 32.2. The number of hydrogen-bond donors (Lipinski definition) is 1. The lowest BCUT2D eigenvalue weighted by Crippen LogP contribution is -1.99. The van der Waals surface area contributed by atoms with Crippen LogP contribution < -0.4 is 0 Å². The molecule has 21 heavy (non-hydrogen) atoms. The second-order valence-corrected chi connectivity index (χ2v) is 4.96. The van der Waals surface area contributed by atoms with Crippen LogP contribution in [0.1, 0.15) is 5.69 Å². The highest BCUT2D eigenvalue weighted by Crippen LogP contribution is 2.28. The molecule has 1 aromatic carbocycles. The average molecular weight is 296 g/mol. The maximum Gasteiger partial charge on any atom is 0.219 e. The van der Waals surface area contributed by atoms with Crippen molar-refractivity contribution in [3.05, 3.63) is 48.3 Å². The summed E-state index contributed by atoms with van der Waals surface area (Å²) >= 11 is 1.25. The molecule has 0 atom stereocenters. The second kappa shape index (κ2) is 5.60. The number of rotatable bonds is 3. The van der Waals surface area contributed by atoms with Gasteiger partial charge in [-0.2, -0.15) is 9.94 Å². The van der Waals surface area contributed by atoms with Crippen molar-refractivity contribution in [3.8, 4) is 17.5 Å². The van der Waals surface area contributed by atoms with Crippen molar-refractivity contribution in [3.63, 3.8) is 0 Å². The van der Waals surface area contributed by atoms with Crippen LogP contribution in [0.25, 0.3) is 5.69 Å². The number of aromatic hydroxyl groups is 1. The molecule has 7 nitrogen and oxygen atoms in total. The molecular formula is C13H8N6OS. The number of nitrogens with zero attached hydrogens (tertiary/aromatic N) is 6. The van der Waals surface area contributed by atoms with E-state index in [1.165, 1.54) is 16.4 Å². The number of aromatic nitrogens is 5. The molecule has 1 N–H and O–H groups in total. The van der Waals surface area contributed by atoms with Crippen LogP contribution in [0.2, 0.25) is 0 Å². The summed E-state index contributed by atoms with van der Waals surface area (Å²) in [7, 11) is 0. The predicted octanol–water partition coefficient (Wildman–Crippen LogP) is 1.79. The summed E-state index contributed by atoms with van der Waals surface area (Å²) in [6.07, 6.45) is 1.56. The Labute approximate surface area is 123 Å². The van der Waals surface area contributed by atoms with Gasteiger partial charge in [0.25, 0.3) is 0 Å². The maximum atomic E-state index is 9.32. The van der Waals surface area contributed by atoms with Gasteiger partial charge in [0.05, 0.1) is 10.6 Å². The Morgan fingerprint density at radius 2 is 2.00 bits per heavy atom. The molecular weight excluding hydrogens is 288 g/mol. The molecule has 0 saturated heterocycles. The van der Waals surface area contributed by atoms with E-state index in [0.717, 1.165) is 0 Å². The van der Waals surface area contributed by atoms with E-state index in [4.69, 9.17) is 5.26 Å². The smallest absolute Gasteiger partial charge is 0.219 e. The minimum atomic E-state index is 0.167. The van der Waals surface area contributed by atoms with Gasteiger partial charge in [-0.1, -0.05) is 0 Å². The molecule has 0 saturated carbocycles. The third-order valence-electron chi connectivity index (χ3n) is 2.61. The number of phenols is 1. The molecule has 0 fully saturated rings. The van der Waals surface area contributed by atoms with Crippen LogP contribution in [0.3, 0.4) is 0 Å². The summed E-state index contributed by atoms with van der Waals surface area (Å²) in [6, 6.07) is 12.1. The first-order valence-corrected chi connectivity index (χ1v) is 6.70. The van der Waals surface area contributed by atoms with Crippen LogP contribution in [0.5, 0.6) is 5.75 Å². The molecule has 2 aromatic heterocycles. The van der Waals surface area contributed by atoms with E-state index in [2.05, 4.69) is 20.5 Å². The van der Waals surface area contributed by atoms with Crippen molar-refractivity contribution in [2.75, 3.05) is 0 Å². The van der Waals surface area contributed by atoms with Crippen molar-refractivity contribution in [2.45, 2.75) is 10.1 Å². The van der Waals surface area contributed by atoms with Gasteiger partial charge in [0.2, 0.25) is 5.16 Å². The Hall–Kier alpha value is -2.92. The summed E-state index contributed by atoms with van der Waals surface area (Å²) < 4.78 is 1.53. The van der Waals surface area contributed by atoms with Gasteiger partial charge in [0, 0.05) is 6.20 Å². The van der Waals surface area contributed by atoms with Crippen LogP contribution in [0, 0.1) is 11.3 Å². The van der Waals surface area contributed by atoms with Crippen molar-refractivity contribution in [2.24, 2.45) is 0 Å². The lowest BCUT2D eigenvalue weighted by atomic mass is 10.3. The van der Waals surface area contributed by atoms with E-state index in [1.54, 1.807) is 42.6 Å². The topological polar surface area (TPSA) is 101 Å². The largest absolute Gasteiger partial charge is 0.508 e. The summed E-state index contributed by atoms with van der Waals surface area (Å²) in [5.41, 5.74) is 1.03. The number of pyridine rings is 1. The summed E-state index contributed by atoms with van der Waals surface area (Å²) in [5.74, 6) is 0.167. The van der Waals surface area contributed by atoms with E-state index in [1.807, 2.05) is 6.07 Å². The predicted molar refractivity (Wildman–Crippen MR) is 73.9 cm³/mol. The molecule has 0 spiro atoms. The third kappa shape index (κ3) is 2.68. The van der Waals surface area contributed by atoms with E-state index >= 15 is 0 Å². The van der Waals surface area contributed by atoms with Crippen LogP contribution >= 0.6 is 11.8 Å². The molecule has 3 rings (SSSR count). The van der Waals surface area contributed by atoms with Crippen LogP contribution in [-0.4, -0.2) is 30.3 Å². The molecule has 0 aliphatic heterocycles. The van der Waals surface area contributed by atoms with Crippen molar-refractivity contribution in [1.29, 1.82) is 5.26 Å². The molecule has 0 amide bonds. The van der Waals surface area contributed by atoms with Crippen LogP contribution in [0.4, 0.5) is 0 Å². The van der Waals surface area contributed by atoms with Gasteiger partial charge < -0.3 is 5.11 Å². The number of hydrogen-bond acceptors (Lipinski definition) is 7. The molecule has 0 aliphatic carbocycles. The zero-order chi connectivity index (χ0) is 14.7. The fourth-order valence-corrected chi connectivity index (χ4v) is 2.50. The first-order chi connectivity index (χ1) is 10.3. The monoisotopic (exact) mass is 296 g/mol. The number of phenolic OH excluding ortho intramolecular Hbond substituents is 1. The maximum absolute atomic E-state index is 9.32. The molecule has 0 unspecified atom stereocenters. The first kappa shape index (κ1) is 13.1. The van der Waals surface area contributed by atoms with Gasteiger partial charge in [0.15, 0.2) is 5.69 Å². The lowest BCUT2D eigenvalue weighted by Gasteiger charge is -2.04. The van der Waals surface area contributed by atoms with Gasteiger partial charge in [-0.25, -0.2) is 4.98 Å². The molecule has 0 aliphatic rings. The van der Waals surface area contributed by atoms with E-state index < -0.39 is 0 Å². The Balaban J connectivity index is 1.96. The average Bonchev–Trinajstić information content (AvgIpc) is 2.97. The van der Waals surface area contributed by atoms with Crippen molar-refractivity contribution in [1.82, 2.24) is 25.2 Å². The number of tetrazole rings is 1. The van der Waals surface area contributed by atoms with Crippen LogP contribution in [-0.2, 0) is 0 Å². The summed E-state index contributed by atoms with van der Waals surface area (Å²) in [6.45, 7) is 0. The first-order valence-electron chi connectivity index (χ1n) is 5.88. The van der Waals surface area contributed by atoms with Crippen molar-refractivity contribution < 1.29 is 5.11 Å². The lowest BCUT2D eigenvalue weighted by molar-refractivity contribution is 0.475. The van der Waals surface area contributed by atoms with Gasteiger partial charge >= 0.3 is 0 Å². The Kier molecular flexibility index (Phi) is 3.49. The fourth-order valence-electron chi connectivity index (χ4n) is 1.65. The number of nitriles is 1. The molecule has 0 radical (unpaired) electrons. The fraction of sp³-hybridized carbons (Fsp3) is 0. The van der Waals surface area contributed by atoms with Gasteiger partial charge in [-0.3, -0.25) is 0 Å². The van der Waals surface area contributed by atoms with Crippen LogP contribution in [0.15, 0.2) is 52.6 Å². The molecule has 3 aromatic rings. The molecule has 8 heteroatoms. The quantitative estimate of drug-likeness (QED) is 0.786. The van der Waals surface area contributed by atoms with E-state index in [-0.39, 0.29) is 5.75 Å². The molecule has 102 valence electrons. The summed E-state index contributed by atoms with van der Waals surface area (Å²) in [5, 5.41) is 30.4. The molecule has 0 bridgehead atoms. The van der Waals surface area contributed by atoms with E-state index in [9.17, 15) is 5.11 Å². The summed E-state index contributed by atoms with van der Waals surface area (Å²) in [4.78, 5) is 4.67. The minimum absolute atomic E-state index is 0.167. The Morgan fingerprint density at radius 3 is 2.76 bits per heavy atom. The van der Waals surface area contributed by atoms with Crippen molar-refractivity contribution >= 4 is 11.8 Å². The second-order valence-electron chi connectivity index (χ2n) is 3.95. The Morgan fingerprint density at radius 1 is 1.19 bits per heavy atom. The van der Waals surface area contributed by atoms with E-state index in [0.29, 0.717) is 21.4 Å². The zero-order valence-electron chi connectivity index (χ0n) is 10.6. The highest BCUT2D eigenvalue weighted by Gasteiger charge is 2.13. The highest BCUT2D eigenvalue weighted by molar-refractivity contribution is 7.99. The minimum Gasteiger partial charge on any atom is -0.508 e. The van der Waals surface area contributed by atoms with Gasteiger partial charge in [-0.05, 0) is 58.6 Å². The van der Waals surface area contributed by atoms with Gasteiger partial charge in [-0.15, -0.1) is 5.10 Å². The molecule has 2 heterocycles. The van der Waals surface area contributed by atoms with Gasteiger partial charge in [0.1, 0.15) is 11.8 Å². The number of benzene rings is 1. The normalized spacial score (nSPS) is 10.2. The SMILES string of the molecule is N#Cc1ncccc1Sc1nnnn1-c1ccc(O)cc1. The Bertz CT molecular complexity index is 808. The zero-order valence-corrected chi connectivity index (χ0v) is 11.4.